The molecule has 0 aliphatic carbocycles. The number of urea groups is 1. The van der Waals surface area contributed by atoms with Crippen LogP contribution in [-0.2, 0) is 0 Å². The van der Waals surface area contributed by atoms with Crippen molar-refractivity contribution in [2.45, 2.75) is 0 Å². The quantitative estimate of drug-likeness (QED) is 0.213. The second-order valence-corrected chi connectivity index (χ2v) is 7.24. The Morgan fingerprint density at radius 2 is 1.00 bits per heavy atom. The Morgan fingerprint density at radius 3 is 1.36 bits per heavy atom. The van der Waals surface area contributed by atoms with E-state index in [1.807, 2.05) is 0 Å². The van der Waals surface area contributed by atoms with Crippen LogP contribution in [0.1, 0.15) is 32.2 Å². The van der Waals surface area contributed by atoms with Crippen LogP contribution in [0.4, 0.5) is 4.79 Å². The molecule has 4 aromatic rings. The Morgan fingerprint density at radius 1 is 0.611 bits per heavy atom. The largest absolute Gasteiger partial charge is 0.478 e. The van der Waals surface area contributed by atoms with Crippen LogP contribution in [0.15, 0.2) is 91.8 Å². The van der Waals surface area contributed by atoms with Gasteiger partial charge < -0.3 is 19.0 Å². The van der Waals surface area contributed by atoms with Crippen LogP contribution >= 0.6 is 0 Å². The summed E-state index contributed by atoms with van der Waals surface area (Å²) in [5.41, 5.74) is 6.19. The third-order valence-electron chi connectivity index (χ3n) is 4.80. The van der Waals surface area contributed by atoms with Crippen molar-refractivity contribution in [2.24, 2.45) is 10.2 Å². The van der Waals surface area contributed by atoms with Crippen LogP contribution in [0.25, 0.3) is 22.6 Å². The molecule has 0 saturated carbocycles. The molecule has 4 N–H and O–H groups in total. The lowest BCUT2D eigenvalue weighted by Gasteiger charge is -1.98. The van der Waals surface area contributed by atoms with Gasteiger partial charge in [0.25, 0.3) is 0 Å². The fourth-order valence-corrected chi connectivity index (χ4v) is 3.04. The van der Waals surface area contributed by atoms with E-state index >= 15 is 0 Å². The zero-order valence-electron chi connectivity index (χ0n) is 18.4. The van der Waals surface area contributed by atoms with Crippen LogP contribution in [0, 0.1) is 0 Å². The average molecular weight is 486 g/mol. The molecule has 0 spiro atoms. The van der Waals surface area contributed by atoms with E-state index in [1.165, 1.54) is 36.7 Å². The number of carbonyl (C=O) groups excluding carboxylic acids is 1. The topological polar surface area (TPSA) is 167 Å². The highest BCUT2D eigenvalue weighted by Gasteiger charge is 2.08. The number of nitrogens with zero attached hydrogens (tertiary/aromatic N) is 2. The van der Waals surface area contributed by atoms with Crippen LogP contribution in [-0.4, -0.2) is 40.6 Å². The Balaban J connectivity index is 1.26. The maximum Gasteiger partial charge on any atom is 0.355 e. The molecular formula is C25H18N4O7. The van der Waals surface area contributed by atoms with Crippen LogP contribution in [0.2, 0.25) is 0 Å². The van der Waals surface area contributed by atoms with Gasteiger partial charge in [0.1, 0.15) is 23.0 Å². The number of benzene rings is 2. The van der Waals surface area contributed by atoms with E-state index < -0.39 is 18.0 Å². The third-order valence-corrected chi connectivity index (χ3v) is 4.80. The number of hydrogen-bond donors (Lipinski definition) is 4. The molecule has 2 aromatic carbocycles. The van der Waals surface area contributed by atoms with Gasteiger partial charge in [-0.05, 0) is 48.5 Å². The van der Waals surface area contributed by atoms with E-state index in [0.717, 1.165) is 0 Å². The van der Waals surface area contributed by atoms with Gasteiger partial charge in [0, 0.05) is 11.1 Å². The number of aromatic carboxylic acids is 2. The van der Waals surface area contributed by atoms with Crippen LogP contribution in [0.3, 0.4) is 0 Å². The van der Waals surface area contributed by atoms with Crippen LogP contribution in [0.5, 0.6) is 0 Å². The molecule has 2 aromatic heterocycles. The molecular weight excluding hydrogens is 468 g/mol. The highest BCUT2D eigenvalue weighted by Crippen LogP contribution is 2.23. The number of hydrogen-bond acceptors (Lipinski definition) is 7. The Hall–Kier alpha value is -5.45. The van der Waals surface area contributed by atoms with Gasteiger partial charge in [0.05, 0.1) is 23.6 Å². The molecule has 11 nitrogen and oxygen atoms in total. The molecule has 0 bridgehead atoms. The van der Waals surface area contributed by atoms with Gasteiger partial charge in [-0.2, -0.15) is 10.2 Å². The zero-order valence-corrected chi connectivity index (χ0v) is 18.4. The maximum atomic E-state index is 11.8. The van der Waals surface area contributed by atoms with Crippen molar-refractivity contribution in [2.75, 3.05) is 0 Å². The first-order valence-electron chi connectivity index (χ1n) is 10.4. The van der Waals surface area contributed by atoms with E-state index in [0.29, 0.717) is 34.2 Å². The second-order valence-electron chi connectivity index (χ2n) is 7.24. The number of nitrogens with one attached hydrogen (secondary N) is 2. The summed E-state index contributed by atoms with van der Waals surface area (Å²) >= 11 is 0. The molecule has 2 amide bonds. The highest BCUT2D eigenvalue weighted by atomic mass is 16.4. The highest BCUT2D eigenvalue weighted by molar-refractivity contribution is 5.89. The average Bonchev–Trinajstić information content (AvgIpc) is 3.54. The van der Waals surface area contributed by atoms with Gasteiger partial charge in [-0.3, -0.25) is 0 Å². The van der Waals surface area contributed by atoms with Crippen molar-refractivity contribution >= 4 is 30.4 Å². The van der Waals surface area contributed by atoms with Crippen molar-refractivity contribution in [3.8, 4) is 22.6 Å². The first kappa shape index (κ1) is 23.7. The number of hydrazone groups is 2. The molecule has 0 unspecified atom stereocenters. The van der Waals surface area contributed by atoms with Crippen molar-refractivity contribution < 1.29 is 33.4 Å². The van der Waals surface area contributed by atoms with Gasteiger partial charge in [0.15, 0.2) is 0 Å². The molecule has 4 rings (SSSR count). The summed E-state index contributed by atoms with van der Waals surface area (Å²) in [4.78, 5) is 33.7. The van der Waals surface area contributed by atoms with Gasteiger partial charge in [0.2, 0.25) is 0 Å². The van der Waals surface area contributed by atoms with Crippen molar-refractivity contribution in [3.05, 3.63) is 95.4 Å². The Kier molecular flexibility index (Phi) is 7.01. The van der Waals surface area contributed by atoms with E-state index in [2.05, 4.69) is 21.1 Å². The molecule has 11 heteroatoms. The van der Waals surface area contributed by atoms with Gasteiger partial charge in [-0.1, -0.05) is 24.3 Å². The van der Waals surface area contributed by atoms with Gasteiger partial charge in [-0.15, -0.1) is 0 Å². The summed E-state index contributed by atoms with van der Waals surface area (Å²) in [6, 6.07) is 18.4. The number of amides is 2. The van der Waals surface area contributed by atoms with E-state index in [4.69, 9.17) is 19.0 Å². The summed E-state index contributed by atoms with van der Waals surface area (Å²) < 4.78 is 11.2. The number of furan rings is 2. The van der Waals surface area contributed by atoms with Gasteiger partial charge in [-0.25, -0.2) is 25.2 Å². The summed E-state index contributed by atoms with van der Waals surface area (Å²) in [5, 5.41) is 25.5. The first-order chi connectivity index (χ1) is 17.4. The lowest BCUT2D eigenvalue weighted by molar-refractivity contribution is 0.0686. The molecule has 0 aliphatic heterocycles. The first-order valence-corrected chi connectivity index (χ1v) is 10.4. The Labute approximate surface area is 203 Å². The minimum Gasteiger partial charge on any atom is -0.478 e. The lowest BCUT2D eigenvalue weighted by atomic mass is 10.1. The van der Waals surface area contributed by atoms with Crippen molar-refractivity contribution in [1.82, 2.24) is 10.9 Å². The third kappa shape index (κ3) is 5.91. The predicted molar refractivity (Wildman–Crippen MR) is 129 cm³/mol. The second kappa shape index (κ2) is 10.7. The normalized spacial score (nSPS) is 11.1. The molecule has 0 atom stereocenters. The van der Waals surface area contributed by atoms with E-state index in [1.54, 1.807) is 48.5 Å². The fourth-order valence-electron chi connectivity index (χ4n) is 3.04. The molecule has 36 heavy (non-hydrogen) atoms. The van der Waals surface area contributed by atoms with E-state index in [-0.39, 0.29) is 11.1 Å². The van der Waals surface area contributed by atoms with E-state index in [9.17, 15) is 14.4 Å². The minimum atomic E-state index is -1.01. The van der Waals surface area contributed by atoms with Crippen molar-refractivity contribution in [1.29, 1.82) is 0 Å². The monoisotopic (exact) mass is 486 g/mol. The summed E-state index contributed by atoms with van der Waals surface area (Å²) in [5.74, 6) is -0.259. The maximum absolute atomic E-state index is 11.8. The van der Waals surface area contributed by atoms with Crippen LogP contribution < -0.4 is 10.9 Å². The molecule has 0 fully saturated rings. The number of carboxylic acid groups (broad SMARTS) is 2. The fraction of sp³-hybridized carbons (Fsp3) is 0. The number of carboxylic acids is 2. The standard InChI is InChI=1S/C25H18N4O7/c30-23(31)17-5-1-15(2-6-17)21-11-9-19(35-21)13-26-28-25(34)29-27-14-20-10-12-22(36-20)16-3-7-18(8-4-16)24(32)33/h1-14H,(H,30,31)(H,32,33)(H2,28,29,34)/b26-13-,27-14-. The Bertz CT molecular complexity index is 1340. The molecule has 0 aliphatic rings. The lowest BCUT2D eigenvalue weighted by Crippen LogP contribution is -2.28. The summed E-state index contributed by atoms with van der Waals surface area (Å²) in [6.07, 6.45) is 2.60. The summed E-state index contributed by atoms with van der Waals surface area (Å²) in [6.45, 7) is 0. The SMILES string of the molecule is O=C(N/N=C\c1ccc(-c2ccc(C(=O)O)cc2)o1)N/N=C\c1ccc(-c2ccc(C(=O)O)cc2)o1. The molecule has 0 saturated heterocycles. The molecule has 0 radical (unpaired) electrons. The molecule has 180 valence electrons. The number of rotatable bonds is 8. The van der Waals surface area contributed by atoms with Crippen molar-refractivity contribution in [3.63, 3.8) is 0 Å². The molecule has 2 heterocycles. The zero-order chi connectivity index (χ0) is 25.5. The summed E-state index contributed by atoms with van der Waals surface area (Å²) in [7, 11) is 0. The van der Waals surface area contributed by atoms with Gasteiger partial charge >= 0.3 is 18.0 Å². The predicted octanol–water partition coefficient (Wildman–Crippen LogP) is 4.27. The minimum absolute atomic E-state index is 0.171. The number of carbonyl (C=O) groups is 3. The smallest absolute Gasteiger partial charge is 0.355 e.